The number of nitrogens with zero attached hydrogens (tertiary/aromatic N) is 1. The quantitative estimate of drug-likeness (QED) is 0.642. The Morgan fingerprint density at radius 3 is 2.28 bits per heavy atom. The van der Waals surface area contributed by atoms with Crippen molar-refractivity contribution in [2.24, 2.45) is 0 Å². The maximum absolute atomic E-state index is 12.0. The number of hydrogen-bond acceptors (Lipinski definition) is 6. The monoisotopic (exact) mass is 383 g/mol. The fourth-order valence-electron chi connectivity index (χ4n) is 2.47. The summed E-state index contributed by atoms with van der Waals surface area (Å²) >= 11 is 12.2. The van der Waals surface area contributed by atoms with Crippen molar-refractivity contribution in [3.05, 3.63) is 28.2 Å². The molecule has 0 atom stereocenters. The van der Waals surface area contributed by atoms with Crippen molar-refractivity contribution < 1.29 is 28.6 Å². The smallest absolute Gasteiger partial charge is 0.308 e. The molecule has 0 radical (unpaired) electrons. The Hall–Kier alpha value is -2.51. The van der Waals surface area contributed by atoms with Crippen LogP contribution in [0.4, 0.5) is 5.88 Å². The van der Waals surface area contributed by atoms with E-state index in [-0.39, 0.29) is 40.1 Å². The zero-order chi connectivity index (χ0) is 18.3. The first-order valence-corrected chi connectivity index (χ1v) is 7.91. The summed E-state index contributed by atoms with van der Waals surface area (Å²) in [5, 5.41) is 10.8. The molecular formula is C16H11Cl2NO6. The minimum Gasteiger partial charge on any atom is -0.502 e. The number of benzene rings is 1. The number of hydrogen-bond donors (Lipinski definition) is 1. The van der Waals surface area contributed by atoms with Gasteiger partial charge in [0.25, 0.3) is 5.88 Å². The molecule has 0 bridgehead atoms. The summed E-state index contributed by atoms with van der Waals surface area (Å²) in [6, 6.07) is 4.62. The van der Waals surface area contributed by atoms with Gasteiger partial charge in [0.05, 0.1) is 15.6 Å². The number of carbonyl (C=O) groups excluding carboxylic acids is 3. The van der Waals surface area contributed by atoms with E-state index in [1.54, 1.807) is 6.07 Å². The van der Waals surface area contributed by atoms with Crippen LogP contribution in [0.2, 0.25) is 10.0 Å². The van der Waals surface area contributed by atoms with Crippen LogP contribution in [-0.2, 0) is 14.4 Å². The van der Waals surface area contributed by atoms with Crippen molar-refractivity contribution >= 4 is 46.9 Å². The lowest BCUT2D eigenvalue weighted by Crippen LogP contribution is -2.28. The van der Waals surface area contributed by atoms with Crippen molar-refractivity contribution in [3.63, 3.8) is 0 Å². The van der Waals surface area contributed by atoms with Crippen molar-refractivity contribution in [1.82, 2.24) is 0 Å². The van der Waals surface area contributed by atoms with Gasteiger partial charge in [-0.25, -0.2) is 4.90 Å². The van der Waals surface area contributed by atoms with Gasteiger partial charge in [0.2, 0.25) is 23.3 Å². The van der Waals surface area contributed by atoms with Gasteiger partial charge in [-0.05, 0) is 12.1 Å². The normalized spacial score (nSPS) is 14.3. The molecule has 1 aliphatic heterocycles. The maximum Gasteiger partial charge on any atom is 0.308 e. The van der Waals surface area contributed by atoms with Crippen molar-refractivity contribution in [1.29, 1.82) is 0 Å². The van der Waals surface area contributed by atoms with Crippen LogP contribution in [0.25, 0.3) is 11.3 Å². The average Bonchev–Trinajstić information content (AvgIpc) is 3.01. The van der Waals surface area contributed by atoms with E-state index in [0.29, 0.717) is 0 Å². The van der Waals surface area contributed by atoms with Gasteiger partial charge in [-0.3, -0.25) is 14.4 Å². The maximum atomic E-state index is 12.0. The summed E-state index contributed by atoms with van der Waals surface area (Å²) in [4.78, 5) is 36.1. The van der Waals surface area contributed by atoms with Gasteiger partial charge >= 0.3 is 5.97 Å². The fraction of sp³-hybridized carbons (Fsp3) is 0.188. The molecule has 1 saturated heterocycles. The van der Waals surface area contributed by atoms with Gasteiger partial charge in [0, 0.05) is 19.8 Å². The van der Waals surface area contributed by atoms with Crippen molar-refractivity contribution in [3.8, 4) is 22.8 Å². The second-order valence-electron chi connectivity index (χ2n) is 5.23. The van der Waals surface area contributed by atoms with E-state index >= 15 is 0 Å². The number of imide groups is 1. The Labute approximate surface area is 151 Å². The number of carbonyl (C=O) groups is 3. The van der Waals surface area contributed by atoms with Crippen LogP contribution in [0, 0.1) is 0 Å². The standard InChI is InChI=1S/C16H11Cl2NO6/c1-7(20)24-15-13(23)14(12-8(17)3-2-4-9(12)18)25-16(15)19-10(21)5-6-11(19)22/h2-4,23H,5-6H2,1H3. The van der Waals surface area contributed by atoms with Gasteiger partial charge in [-0.15, -0.1) is 0 Å². The SMILES string of the molecule is CC(=O)Oc1c(N2C(=O)CCC2=O)oc(-c2c(Cl)cccc2Cl)c1O. The fourth-order valence-corrected chi connectivity index (χ4v) is 3.04. The highest BCUT2D eigenvalue weighted by Crippen LogP contribution is 2.51. The largest absolute Gasteiger partial charge is 0.502 e. The summed E-state index contributed by atoms with van der Waals surface area (Å²) < 4.78 is 10.5. The van der Waals surface area contributed by atoms with Crippen LogP contribution < -0.4 is 9.64 Å². The Bertz CT molecular complexity index is 868. The topological polar surface area (TPSA) is 97.0 Å². The average molecular weight is 384 g/mol. The molecule has 2 amide bonds. The summed E-state index contributed by atoms with van der Waals surface area (Å²) in [6.45, 7) is 1.10. The van der Waals surface area contributed by atoms with Crippen LogP contribution in [0.15, 0.2) is 22.6 Å². The lowest BCUT2D eigenvalue weighted by Gasteiger charge is -2.11. The van der Waals surface area contributed by atoms with E-state index in [9.17, 15) is 19.5 Å². The van der Waals surface area contributed by atoms with Gasteiger partial charge in [0.15, 0.2) is 5.76 Å². The Morgan fingerprint density at radius 2 is 1.76 bits per heavy atom. The van der Waals surface area contributed by atoms with Crippen molar-refractivity contribution in [2.75, 3.05) is 4.90 Å². The third kappa shape index (κ3) is 2.96. The Balaban J connectivity index is 2.24. The van der Waals surface area contributed by atoms with E-state index in [2.05, 4.69) is 0 Å². The van der Waals surface area contributed by atoms with Crippen LogP contribution in [-0.4, -0.2) is 22.9 Å². The molecule has 3 rings (SSSR count). The zero-order valence-corrected chi connectivity index (χ0v) is 14.3. The summed E-state index contributed by atoms with van der Waals surface area (Å²) in [5.74, 6) is -3.48. The third-order valence-electron chi connectivity index (χ3n) is 3.51. The number of amides is 2. The molecule has 0 spiro atoms. The minimum atomic E-state index is -0.770. The second kappa shape index (κ2) is 6.42. The molecule has 1 aromatic carbocycles. The molecule has 1 fully saturated rings. The Kier molecular flexibility index (Phi) is 4.45. The number of rotatable bonds is 3. The second-order valence-corrected chi connectivity index (χ2v) is 6.04. The first kappa shape index (κ1) is 17.3. The van der Waals surface area contributed by atoms with Crippen molar-refractivity contribution in [2.45, 2.75) is 19.8 Å². The molecule has 7 nitrogen and oxygen atoms in total. The predicted molar refractivity (Wildman–Crippen MR) is 88.9 cm³/mol. The first-order chi connectivity index (χ1) is 11.8. The molecule has 2 heterocycles. The summed E-state index contributed by atoms with van der Waals surface area (Å²) in [6.07, 6.45) is -0.0238. The number of halogens is 2. The molecular weight excluding hydrogens is 373 g/mol. The number of aromatic hydroxyl groups is 1. The number of ether oxygens (including phenoxy) is 1. The van der Waals surface area contributed by atoms with Crippen LogP contribution in [0.5, 0.6) is 11.5 Å². The molecule has 1 N–H and O–H groups in total. The molecule has 130 valence electrons. The van der Waals surface area contributed by atoms with E-state index in [0.717, 1.165) is 11.8 Å². The summed E-state index contributed by atoms with van der Waals surface area (Å²) in [5.41, 5.74) is 0.141. The lowest BCUT2D eigenvalue weighted by molar-refractivity contribution is -0.132. The third-order valence-corrected chi connectivity index (χ3v) is 4.14. The first-order valence-electron chi connectivity index (χ1n) is 7.15. The zero-order valence-electron chi connectivity index (χ0n) is 12.8. The molecule has 0 aliphatic carbocycles. The van der Waals surface area contributed by atoms with Crippen LogP contribution >= 0.6 is 23.2 Å². The number of anilines is 1. The van der Waals surface area contributed by atoms with Gasteiger partial charge in [-0.2, -0.15) is 0 Å². The van der Waals surface area contributed by atoms with E-state index in [1.165, 1.54) is 12.1 Å². The summed E-state index contributed by atoms with van der Waals surface area (Å²) in [7, 11) is 0. The van der Waals surface area contributed by atoms with Gasteiger partial charge in [0.1, 0.15) is 0 Å². The van der Waals surface area contributed by atoms with Crippen LogP contribution in [0.3, 0.4) is 0 Å². The number of esters is 1. The molecule has 0 saturated carbocycles. The minimum absolute atomic E-state index is 0.0119. The van der Waals surface area contributed by atoms with E-state index < -0.39 is 29.3 Å². The van der Waals surface area contributed by atoms with E-state index in [4.69, 9.17) is 32.4 Å². The molecule has 9 heteroatoms. The highest BCUT2D eigenvalue weighted by Gasteiger charge is 2.39. The molecule has 25 heavy (non-hydrogen) atoms. The number of furan rings is 1. The van der Waals surface area contributed by atoms with Crippen LogP contribution in [0.1, 0.15) is 19.8 Å². The molecule has 1 aromatic heterocycles. The molecule has 1 aliphatic rings. The highest BCUT2D eigenvalue weighted by molar-refractivity contribution is 6.39. The van der Waals surface area contributed by atoms with E-state index in [1.807, 2.05) is 0 Å². The van der Waals surface area contributed by atoms with Gasteiger partial charge < -0.3 is 14.3 Å². The Morgan fingerprint density at radius 1 is 1.20 bits per heavy atom. The molecule has 2 aromatic rings. The predicted octanol–water partition coefficient (Wildman–Crippen LogP) is 3.54. The van der Waals surface area contributed by atoms with Gasteiger partial charge in [-0.1, -0.05) is 29.3 Å². The lowest BCUT2D eigenvalue weighted by atomic mass is 10.1. The highest BCUT2D eigenvalue weighted by atomic mass is 35.5. The molecule has 0 unspecified atom stereocenters.